The van der Waals surface area contributed by atoms with Crippen LogP contribution >= 0.6 is 0 Å². The predicted molar refractivity (Wildman–Crippen MR) is 120 cm³/mol. The van der Waals surface area contributed by atoms with Gasteiger partial charge in [0.25, 0.3) is 5.91 Å². The van der Waals surface area contributed by atoms with Crippen LogP contribution in [0.25, 0.3) is 5.69 Å². The standard InChI is InChI=1S/C24H23F3N4O3/c1-13-21-19(11-23(2,3)12-20(21)32)31(30-13)15-7-8-17(22(28)33)18(10-15)29-14-5-4-6-16(9-14)34-24(25,26)27/h4-10,29H,11-12H2,1-3H3,(H2,28,33). The van der Waals surface area contributed by atoms with E-state index in [4.69, 9.17) is 5.73 Å². The monoisotopic (exact) mass is 472 g/mol. The number of benzene rings is 2. The van der Waals surface area contributed by atoms with Crippen molar-refractivity contribution < 1.29 is 27.5 Å². The summed E-state index contributed by atoms with van der Waals surface area (Å²) in [5.41, 5.74) is 8.52. The summed E-state index contributed by atoms with van der Waals surface area (Å²) in [7, 11) is 0. The van der Waals surface area contributed by atoms with E-state index in [-0.39, 0.29) is 28.1 Å². The number of halogens is 3. The first-order chi connectivity index (χ1) is 15.8. The Morgan fingerprint density at radius 1 is 1.18 bits per heavy atom. The van der Waals surface area contributed by atoms with Gasteiger partial charge in [-0.2, -0.15) is 5.10 Å². The van der Waals surface area contributed by atoms with Crippen LogP contribution < -0.4 is 15.8 Å². The van der Waals surface area contributed by atoms with Gasteiger partial charge < -0.3 is 15.8 Å². The molecule has 0 saturated carbocycles. The third-order valence-corrected chi connectivity index (χ3v) is 5.58. The molecule has 0 saturated heterocycles. The van der Waals surface area contributed by atoms with Gasteiger partial charge in [0, 0.05) is 18.2 Å². The molecule has 178 valence electrons. The second kappa shape index (κ2) is 8.19. The number of ketones is 1. The van der Waals surface area contributed by atoms with Crippen molar-refractivity contribution in [2.75, 3.05) is 5.32 Å². The number of aromatic nitrogens is 2. The zero-order chi connectivity index (χ0) is 24.8. The molecule has 1 aromatic heterocycles. The maximum absolute atomic E-state index is 12.7. The Kier molecular flexibility index (Phi) is 5.63. The minimum atomic E-state index is -4.83. The fraction of sp³-hybridized carbons (Fsp3) is 0.292. The smallest absolute Gasteiger partial charge is 0.406 e. The molecule has 4 rings (SSSR count). The summed E-state index contributed by atoms with van der Waals surface area (Å²) in [6.07, 6.45) is -3.78. The molecule has 0 aliphatic heterocycles. The number of anilines is 2. The number of rotatable bonds is 5. The molecule has 2 aromatic carbocycles. The Balaban J connectivity index is 1.76. The van der Waals surface area contributed by atoms with E-state index in [0.717, 1.165) is 11.8 Å². The average Bonchev–Trinajstić information content (AvgIpc) is 3.02. The molecule has 0 spiro atoms. The maximum Gasteiger partial charge on any atom is 0.573 e. The normalized spacial score (nSPS) is 15.1. The number of hydrogen-bond acceptors (Lipinski definition) is 5. The van der Waals surface area contributed by atoms with Crippen LogP contribution in [0.3, 0.4) is 0 Å². The Labute approximate surface area is 193 Å². The van der Waals surface area contributed by atoms with E-state index >= 15 is 0 Å². The van der Waals surface area contributed by atoms with Crippen molar-refractivity contribution in [2.45, 2.75) is 40.0 Å². The highest BCUT2D eigenvalue weighted by molar-refractivity contribution is 6.01. The number of Topliss-reactive ketones (excluding diaryl/α,β-unsaturated/α-hetero) is 1. The fourth-order valence-electron chi connectivity index (χ4n) is 4.26. The Bertz CT molecular complexity index is 1300. The lowest BCUT2D eigenvalue weighted by atomic mass is 9.75. The van der Waals surface area contributed by atoms with Crippen LogP contribution in [-0.2, 0) is 6.42 Å². The van der Waals surface area contributed by atoms with Crippen molar-refractivity contribution in [1.29, 1.82) is 0 Å². The Hall–Kier alpha value is -3.82. The van der Waals surface area contributed by atoms with Gasteiger partial charge in [-0.3, -0.25) is 9.59 Å². The molecule has 1 aliphatic rings. The highest BCUT2D eigenvalue weighted by atomic mass is 19.4. The van der Waals surface area contributed by atoms with E-state index in [1.807, 2.05) is 13.8 Å². The van der Waals surface area contributed by atoms with Gasteiger partial charge in [0.1, 0.15) is 5.75 Å². The zero-order valence-corrected chi connectivity index (χ0v) is 18.8. The first-order valence-corrected chi connectivity index (χ1v) is 10.5. The number of ether oxygens (including phenoxy) is 1. The van der Waals surface area contributed by atoms with Crippen LogP contribution in [0.5, 0.6) is 5.75 Å². The van der Waals surface area contributed by atoms with Gasteiger partial charge in [-0.05, 0) is 49.1 Å². The van der Waals surface area contributed by atoms with E-state index in [1.54, 1.807) is 23.7 Å². The molecule has 10 heteroatoms. The number of carbonyl (C=O) groups excluding carboxylic acids is 2. The van der Waals surface area contributed by atoms with Gasteiger partial charge in [0.15, 0.2) is 5.78 Å². The van der Waals surface area contributed by atoms with Crippen molar-refractivity contribution in [2.24, 2.45) is 11.1 Å². The number of fused-ring (bicyclic) bond motifs is 1. The van der Waals surface area contributed by atoms with Crippen LogP contribution in [0.2, 0.25) is 0 Å². The fourth-order valence-corrected chi connectivity index (χ4v) is 4.26. The minimum Gasteiger partial charge on any atom is -0.406 e. The topological polar surface area (TPSA) is 99.2 Å². The molecule has 1 aliphatic carbocycles. The number of carbonyl (C=O) groups is 2. The minimum absolute atomic E-state index is 0.0311. The lowest BCUT2D eigenvalue weighted by Gasteiger charge is -2.29. The van der Waals surface area contributed by atoms with Crippen molar-refractivity contribution >= 4 is 23.1 Å². The van der Waals surface area contributed by atoms with Crippen molar-refractivity contribution in [1.82, 2.24) is 9.78 Å². The Morgan fingerprint density at radius 3 is 2.59 bits per heavy atom. The largest absolute Gasteiger partial charge is 0.573 e. The summed E-state index contributed by atoms with van der Waals surface area (Å²) in [5.74, 6) is -1.10. The average molecular weight is 472 g/mol. The third kappa shape index (κ3) is 4.75. The summed E-state index contributed by atoms with van der Waals surface area (Å²) in [6, 6.07) is 10.0. The Morgan fingerprint density at radius 2 is 1.91 bits per heavy atom. The summed E-state index contributed by atoms with van der Waals surface area (Å²) in [6.45, 7) is 5.80. The first kappa shape index (κ1) is 23.3. The molecule has 0 unspecified atom stereocenters. The van der Waals surface area contributed by atoms with Gasteiger partial charge in [-0.1, -0.05) is 19.9 Å². The van der Waals surface area contributed by atoms with Crippen molar-refractivity contribution in [3.8, 4) is 11.4 Å². The molecule has 34 heavy (non-hydrogen) atoms. The molecule has 7 nitrogen and oxygen atoms in total. The summed E-state index contributed by atoms with van der Waals surface area (Å²) in [4.78, 5) is 24.8. The number of hydrogen-bond donors (Lipinski definition) is 2. The number of amides is 1. The number of nitrogens with two attached hydrogens (primary N) is 1. The third-order valence-electron chi connectivity index (χ3n) is 5.58. The van der Waals surface area contributed by atoms with E-state index in [0.29, 0.717) is 29.8 Å². The van der Waals surface area contributed by atoms with Crippen molar-refractivity contribution in [3.63, 3.8) is 0 Å². The molecule has 0 atom stereocenters. The van der Waals surface area contributed by atoms with Gasteiger partial charge in [-0.25, -0.2) is 4.68 Å². The van der Waals surface area contributed by atoms with E-state index in [1.165, 1.54) is 24.3 Å². The second-order valence-electron chi connectivity index (χ2n) is 9.05. The van der Waals surface area contributed by atoms with E-state index in [9.17, 15) is 22.8 Å². The SMILES string of the molecule is Cc1nn(-c2ccc(C(N)=O)c(Nc3cccc(OC(F)(F)F)c3)c2)c2c1C(=O)CC(C)(C)C2. The highest BCUT2D eigenvalue weighted by Gasteiger charge is 2.36. The number of primary amides is 1. The molecule has 1 amide bonds. The highest BCUT2D eigenvalue weighted by Crippen LogP contribution is 2.37. The quantitative estimate of drug-likeness (QED) is 0.540. The lowest BCUT2D eigenvalue weighted by molar-refractivity contribution is -0.274. The molecular formula is C24H23F3N4O3. The number of aryl methyl sites for hydroxylation is 1. The van der Waals surface area contributed by atoms with Gasteiger partial charge in [-0.15, -0.1) is 13.2 Å². The first-order valence-electron chi connectivity index (χ1n) is 10.5. The van der Waals surface area contributed by atoms with Gasteiger partial charge in [0.05, 0.1) is 33.9 Å². The molecule has 3 N–H and O–H groups in total. The van der Waals surface area contributed by atoms with E-state index < -0.39 is 18.0 Å². The van der Waals surface area contributed by atoms with Crippen LogP contribution in [-0.4, -0.2) is 27.8 Å². The number of nitrogens with one attached hydrogen (secondary N) is 1. The van der Waals surface area contributed by atoms with Crippen LogP contribution in [0.1, 0.15) is 52.4 Å². The van der Waals surface area contributed by atoms with Crippen LogP contribution in [0.4, 0.5) is 24.5 Å². The molecular weight excluding hydrogens is 449 g/mol. The molecule has 1 heterocycles. The molecule has 0 radical (unpaired) electrons. The number of nitrogens with zero attached hydrogens (tertiary/aromatic N) is 2. The van der Waals surface area contributed by atoms with Crippen LogP contribution in [0, 0.1) is 12.3 Å². The molecule has 3 aromatic rings. The summed E-state index contributed by atoms with van der Waals surface area (Å²) >= 11 is 0. The summed E-state index contributed by atoms with van der Waals surface area (Å²) in [5, 5.41) is 7.51. The lowest BCUT2D eigenvalue weighted by Crippen LogP contribution is -2.28. The summed E-state index contributed by atoms with van der Waals surface area (Å²) < 4.78 is 43.4. The van der Waals surface area contributed by atoms with Gasteiger partial charge in [0.2, 0.25) is 0 Å². The molecule has 0 bridgehead atoms. The number of alkyl halides is 3. The van der Waals surface area contributed by atoms with Gasteiger partial charge >= 0.3 is 6.36 Å². The maximum atomic E-state index is 12.7. The molecule has 0 fully saturated rings. The van der Waals surface area contributed by atoms with Crippen molar-refractivity contribution in [3.05, 3.63) is 65.0 Å². The van der Waals surface area contributed by atoms with E-state index in [2.05, 4.69) is 15.2 Å². The zero-order valence-electron chi connectivity index (χ0n) is 18.8. The predicted octanol–water partition coefficient (Wildman–Crippen LogP) is 5.08. The van der Waals surface area contributed by atoms with Crippen LogP contribution in [0.15, 0.2) is 42.5 Å². The second-order valence-corrected chi connectivity index (χ2v) is 9.05.